The number of anilines is 1. The number of rotatable bonds is 2. The van der Waals surface area contributed by atoms with Gasteiger partial charge in [-0.1, -0.05) is 0 Å². The molecule has 2 rings (SSSR count). The molecular formula is C14H10F4N4O4S. The number of nitrogens with two attached hydrogens (primary N) is 1. The number of nitrogens with zero attached hydrogens (tertiary/aromatic N) is 3. The highest BCUT2D eigenvalue weighted by molar-refractivity contribution is 7.90. The lowest BCUT2D eigenvalue weighted by molar-refractivity contribution is -0.144. The van der Waals surface area contributed by atoms with E-state index in [4.69, 9.17) is 11.0 Å². The van der Waals surface area contributed by atoms with E-state index in [1.54, 1.807) is 0 Å². The van der Waals surface area contributed by atoms with Crippen molar-refractivity contribution in [1.82, 2.24) is 9.13 Å². The summed E-state index contributed by atoms with van der Waals surface area (Å²) in [5, 5.41) is 9.01. The molecule has 0 spiro atoms. The van der Waals surface area contributed by atoms with Crippen molar-refractivity contribution in [2.45, 2.75) is 11.1 Å². The maximum absolute atomic E-state index is 14.5. The molecule has 0 bridgehead atoms. The van der Waals surface area contributed by atoms with Gasteiger partial charge in [-0.05, 0) is 6.07 Å². The molecule has 0 radical (unpaired) electrons. The van der Waals surface area contributed by atoms with E-state index in [0.29, 0.717) is 19.4 Å². The second-order valence-corrected chi connectivity index (χ2v) is 7.41. The summed E-state index contributed by atoms with van der Waals surface area (Å²) in [5.41, 5.74) is -2.05. The largest absolute Gasteiger partial charge is 0.431 e. The molecule has 0 aliphatic carbocycles. The van der Waals surface area contributed by atoms with Crippen LogP contribution in [0.3, 0.4) is 0 Å². The van der Waals surface area contributed by atoms with Gasteiger partial charge in [0.2, 0.25) is 0 Å². The van der Waals surface area contributed by atoms with Crippen molar-refractivity contribution in [2.24, 2.45) is 7.05 Å². The molecule has 27 heavy (non-hydrogen) atoms. The second-order valence-electron chi connectivity index (χ2n) is 5.42. The Labute approximate surface area is 148 Å². The number of hydrogen-bond acceptors (Lipinski definition) is 6. The Kier molecular flexibility index (Phi) is 4.66. The molecule has 8 nitrogen and oxygen atoms in total. The molecule has 0 fully saturated rings. The molecule has 1 aromatic heterocycles. The van der Waals surface area contributed by atoms with Crippen molar-refractivity contribution in [3.63, 3.8) is 0 Å². The molecule has 0 amide bonds. The van der Waals surface area contributed by atoms with E-state index in [1.807, 2.05) is 0 Å². The molecule has 1 heterocycles. The van der Waals surface area contributed by atoms with E-state index in [-0.39, 0.29) is 15.2 Å². The number of nitriles is 1. The predicted molar refractivity (Wildman–Crippen MR) is 84.5 cm³/mol. The zero-order chi connectivity index (χ0) is 20.9. The number of benzene rings is 1. The number of sulfone groups is 1. The first kappa shape index (κ1) is 20.2. The van der Waals surface area contributed by atoms with Crippen molar-refractivity contribution in [2.75, 3.05) is 12.0 Å². The maximum atomic E-state index is 14.5. The molecule has 144 valence electrons. The lowest BCUT2D eigenvalue weighted by atomic mass is 10.1. The van der Waals surface area contributed by atoms with Gasteiger partial charge < -0.3 is 5.73 Å². The fraction of sp³-hybridized carbons (Fsp3) is 0.214. The first-order valence-corrected chi connectivity index (χ1v) is 8.73. The molecule has 0 atom stereocenters. The quantitative estimate of drug-likeness (QED) is 0.441. The van der Waals surface area contributed by atoms with Crippen molar-refractivity contribution in [3.05, 3.63) is 50.0 Å². The van der Waals surface area contributed by atoms with Crippen LogP contribution in [0.4, 0.5) is 23.2 Å². The van der Waals surface area contributed by atoms with Crippen LogP contribution < -0.4 is 17.0 Å². The average Bonchev–Trinajstić information content (AvgIpc) is 2.52. The average molecular weight is 406 g/mol. The van der Waals surface area contributed by atoms with Crippen LogP contribution in [0.2, 0.25) is 0 Å². The molecule has 0 unspecified atom stereocenters. The molecule has 0 saturated heterocycles. The molecule has 2 N–H and O–H groups in total. The summed E-state index contributed by atoms with van der Waals surface area (Å²) >= 11 is 0. The predicted octanol–water partition coefficient (Wildman–Crippen LogP) is 0.551. The standard InChI is InChI=1S/C14H10F4N4O4S/c1-21-9(14(16,17)18)4-10(23)22(13(21)24)7-3-8(27(2,25)26)6(5-19)12(20)11(7)15/h3-4H,20H2,1-2H3. The number of hydrogen-bond donors (Lipinski definition) is 1. The minimum atomic E-state index is -5.04. The monoisotopic (exact) mass is 406 g/mol. The molecule has 2 aromatic rings. The Balaban J connectivity index is 3.04. The molecule has 0 aliphatic heterocycles. The fourth-order valence-corrected chi connectivity index (χ4v) is 3.18. The Hall–Kier alpha value is -3.14. The molecule has 0 aliphatic rings. The van der Waals surface area contributed by atoms with E-state index in [0.717, 1.165) is 0 Å². The van der Waals surface area contributed by atoms with E-state index in [9.17, 15) is 35.6 Å². The van der Waals surface area contributed by atoms with Crippen LogP contribution in [-0.2, 0) is 23.1 Å². The fourth-order valence-electron chi connectivity index (χ4n) is 2.33. The van der Waals surface area contributed by atoms with Crippen molar-refractivity contribution < 1.29 is 26.0 Å². The first-order valence-electron chi connectivity index (χ1n) is 6.84. The molecule has 1 aromatic carbocycles. The third kappa shape index (κ3) is 3.31. The first-order chi connectivity index (χ1) is 12.2. The van der Waals surface area contributed by atoms with Gasteiger partial charge in [0.05, 0.1) is 21.8 Å². The van der Waals surface area contributed by atoms with Gasteiger partial charge in [0, 0.05) is 19.4 Å². The van der Waals surface area contributed by atoms with Crippen molar-refractivity contribution >= 4 is 15.5 Å². The molecule has 13 heteroatoms. The van der Waals surface area contributed by atoms with Crippen LogP contribution in [0.25, 0.3) is 5.69 Å². The van der Waals surface area contributed by atoms with Crippen molar-refractivity contribution in [1.29, 1.82) is 5.26 Å². The molecular weight excluding hydrogens is 396 g/mol. The zero-order valence-corrected chi connectivity index (χ0v) is 14.4. The summed E-state index contributed by atoms with van der Waals surface area (Å²) in [7, 11) is -3.46. The normalized spacial score (nSPS) is 12.0. The van der Waals surface area contributed by atoms with Gasteiger partial charge in [0.15, 0.2) is 15.7 Å². The highest BCUT2D eigenvalue weighted by Gasteiger charge is 2.35. The second kappa shape index (κ2) is 6.23. The van der Waals surface area contributed by atoms with Crippen LogP contribution in [0.5, 0.6) is 0 Å². The SMILES string of the molecule is Cn1c(C(F)(F)F)cc(=O)n(-c2cc(S(C)(=O)=O)c(C#N)c(N)c2F)c1=O. The van der Waals surface area contributed by atoms with Crippen LogP contribution in [0.1, 0.15) is 11.3 Å². The summed E-state index contributed by atoms with van der Waals surface area (Å²) in [6.07, 6.45) is -4.37. The van der Waals surface area contributed by atoms with Crippen LogP contribution >= 0.6 is 0 Å². The van der Waals surface area contributed by atoms with E-state index in [1.165, 1.54) is 6.07 Å². The minimum absolute atomic E-state index is 0.00321. The third-order valence-electron chi connectivity index (χ3n) is 3.61. The van der Waals surface area contributed by atoms with E-state index in [2.05, 4.69) is 0 Å². The summed E-state index contributed by atoms with van der Waals surface area (Å²) in [4.78, 5) is 23.5. The van der Waals surface area contributed by atoms with Gasteiger partial charge >= 0.3 is 11.9 Å². The Morgan fingerprint density at radius 2 is 1.78 bits per heavy atom. The van der Waals surface area contributed by atoms with E-state index >= 15 is 0 Å². The lowest BCUT2D eigenvalue weighted by Crippen LogP contribution is -2.41. The van der Waals surface area contributed by atoms with E-state index < -0.39 is 60.6 Å². The van der Waals surface area contributed by atoms with Crippen molar-refractivity contribution in [3.8, 4) is 11.8 Å². The van der Waals surface area contributed by atoms with Gasteiger partial charge in [0.1, 0.15) is 11.8 Å². The lowest BCUT2D eigenvalue weighted by Gasteiger charge is -2.16. The van der Waals surface area contributed by atoms with Gasteiger partial charge in [-0.15, -0.1) is 0 Å². The number of alkyl halides is 3. The highest BCUT2D eigenvalue weighted by Crippen LogP contribution is 2.30. The van der Waals surface area contributed by atoms with Crippen LogP contribution in [-0.4, -0.2) is 23.8 Å². The third-order valence-corrected chi connectivity index (χ3v) is 4.73. The van der Waals surface area contributed by atoms with Crippen LogP contribution in [0, 0.1) is 17.1 Å². The Bertz CT molecular complexity index is 1220. The number of nitrogen functional groups attached to an aromatic ring is 1. The van der Waals surface area contributed by atoms with Gasteiger partial charge in [-0.25, -0.2) is 22.2 Å². The summed E-state index contributed by atoms with van der Waals surface area (Å²) < 4.78 is 76.9. The highest BCUT2D eigenvalue weighted by atomic mass is 32.2. The smallest absolute Gasteiger partial charge is 0.395 e. The summed E-state index contributed by atoms with van der Waals surface area (Å²) in [5.74, 6) is -1.50. The topological polar surface area (TPSA) is 128 Å². The number of halogens is 4. The molecule has 0 saturated carbocycles. The number of aromatic nitrogens is 2. The minimum Gasteiger partial charge on any atom is -0.395 e. The summed E-state index contributed by atoms with van der Waals surface area (Å²) in [6.45, 7) is 0. The zero-order valence-electron chi connectivity index (χ0n) is 13.6. The Morgan fingerprint density at radius 3 is 2.22 bits per heavy atom. The van der Waals surface area contributed by atoms with Gasteiger partial charge in [-0.3, -0.25) is 9.36 Å². The Morgan fingerprint density at radius 1 is 1.22 bits per heavy atom. The van der Waals surface area contributed by atoms with Gasteiger partial charge in [-0.2, -0.15) is 18.4 Å². The summed E-state index contributed by atoms with van der Waals surface area (Å²) in [6, 6.07) is 1.94. The van der Waals surface area contributed by atoms with Gasteiger partial charge in [0.25, 0.3) is 5.56 Å². The van der Waals surface area contributed by atoms with Crippen LogP contribution in [0.15, 0.2) is 26.6 Å². The maximum Gasteiger partial charge on any atom is 0.431 e.